The van der Waals surface area contributed by atoms with Crippen LogP contribution in [0.5, 0.6) is 0 Å². The van der Waals surface area contributed by atoms with E-state index in [9.17, 15) is 4.79 Å². The van der Waals surface area contributed by atoms with Gasteiger partial charge in [0.2, 0.25) is 0 Å². The highest BCUT2D eigenvalue weighted by Crippen LogP contribution is 2.43. The minimum Gasteiger partial charge on any atom is -0.444 e. The first-order valence-electron chi connectivity index (χ1n) is 13.8. The van der Waals surface area contributed by atoms with E-state index >= 15 is 0 Å². The van der Waals surface area contributed by atoms with Gasteiger partial charge in [0, 0.05) is 60.8 Å². The summed E-state index contributed by atoms with van der Waals surface area (Å²) < 4.78 is 11.3. The van der Waals surface area contributed by atoms with Crippen molar-refractivity contribution in [1.29, 1.82) is 0 Å². The molecule has 1 aromatic carbocycles. The van der Waals surface area contributed by atoms with E-state index in [0.717, 1.165) is 60.9 Å². The van der Waals surface area contributed by atoms with Crippen LogP contribution in [0.25, 0.3) is 5.70 Å². The number of benzene rings is 1. The van der Waals surface area contributed by atoms with Crippen LogP contribution in [-0.4, -0.2) is 78.3 Å². The molecule has 3 fully saturated rings. The summed E-state index contributed by atoms with van der Waals surface area (Å²) in [5, 5.41) is 0. The molecule has 0 bridgehead atoms. The Balaban J connectivity index is 1.48. The Bertz CT molecular complexity index is 1220. The third kappa shape index (κ3) is 5.71. The lowest BCUT2D eigenvalue weighted by Gasteiger charge is -2.47. The molecule has 1 aliphatic carbocycles. The number of nitrogen functional groups attached to an aromatic ring is 1. The van der Waals surface area contributed by atoms with Crippen molar-refractivity contribution >= 4 is 34.8 Å². The molecule has 8 heteroatoms. The summed E-state index contributed by atoms with van der Waals surface area (Å²) in [4.78, 5) is 18.9. The van der Waals surface area contributed by atoms with Crippen molar-refractivity contribution in [2.24, 2.45) is 5.41 Å². The summed E-state index contributed by atoms with van der Waals surface area (Å²) in [6.45, 7) is 17.4. The highest BCUT2D eigenvalue weighted by atomic mass is 35.5. The third-order valence-corrected chi connectivity index (χ3v) is 8.48. The summed E-state index contributed by atoms with van der Waals surface area (Å²) in [7, 11) is 0. The minimum absolute atomic E-state index is 0.191. The van der Waals surface area contributed by atoms with Crippen LogP contribution in [0.3, 0.4) is 0 Å². The molecular formula is C31H41ClN4O3. The van der Waals surface area contributed by atoms with Crippen molar-refractivity contribution in [3.05, 3.63) is 66.3 Å². The zero-order valence-corrected chi connectivity index (χ0v) is 24.3. The molecule has 1 aromatic rings. The average molecular weight is 553 g/mol. The zero-order valence-electron chi connectivity index (χ0n) is 23.6. The quantitative estimate of drug-likeness (QED) is 0.396. The topological polar surface area (TPSA) is 71.3 Å². The van der Waals surface area contributed by atoms with Gasteiger partial charge in [0.15, 0.2) is 0 Å². The monoisotopic (exact) mass is 552 g/mol. The zero-order chi connectivity index (χ0) is 28.0. The number of halogens is 1. The smallest absolute Gasteiger partial charge is 0.410 e. The second-order valence-electron chi connectivity index (χ2n) is 12.5. The molecule has 4 aliphatic rings. The minimum atomic E-state index is -0.723. The van der Waals surface area contributed by atoms with Crippen molar-refractivity contribution in [2.45, 2.75) is 50.6 Å². The normalized spacial score (nSPS) is 26.3. The van der Waals surface area contributed by atoms with Crippen molar-refractivity contribution in [3.8, 4) is 0 Å². The fourth-order valence-corrected chi connectivity index (χ4v) is 6.26. The Labute approximate surface area is 237 Å². The molecule has 3 saturated heterocycles. The van der Waals surface area contributed by atoms with E-state index < -0.39 is 10.5 Å². The van der Waals surface area contributed by atoms with E-state index in [1.165, 1.54) is 0 Å². The van der Waals surface area contributed by atoms with Crippen molar-refractivity contribution < 1.29 is 14.3 Å². The lowest BCUT2D eigenvalue weighted by molar-refractivity contribution is -0.0985. The number of ether oxygens (including phenoxy) is 2. The lowest BCUT2D eigenvalue weighted by Crippen LogP contribution is -2.56. The van der Waals surface area contributed by atoms with Crippen molar-refractivity contribution in [2.75, 3.05) is 56.6 Å². The number of carbonyl (C=O) groups is 1. The van der Waals surface area contributed by atoms with E-state index in [2.05, 4.69) is 34.6 Å². The van der Waals surface area contributed by atoms with Gasteiger partial charge < -0.3 is 29.9 Å². The van der Waals surface area contributed by atoms with Gasteiger partial charge in [-0.05, 0) is 57.9 Å². The van der Waals surface area contributed by atoms with Crippen LogP contribution in [-0.2, 0) is 9.47 Å². The van der Waals surface area contributed by atoms with Crippen molar-refractivity contribution in [1.82, 2.24) is 9.80 Å². The molecule has 7 nitrogen and oxygen atoms in total. The highest BCUT2D eigenvalue weighted by molar-refractivity contribution is 6.27. The van der Waals surface area contributed by atoms with Gasteiger partial charge in [-0.15, -0.1) is 11.6 Å². The third-order valence-electron chi connectivity index (χ3n) is 8.14. The number of nitrogens with two attached hydrogens (primary N) is 1. The molecule has 2 atom stereocenters. The van der Waals surface area contributed by atoms with Crippen LogP contribution in [0.1, 0.15) is 39.7 Å². The standard InChI is InChI=1S/C31H41ClN4O3/c1-22(24-11-10-23(33)17-26(24)35-14-13-31(19-35)20-38-21-31)36-16-15-34(28(37)39-29(2,3)4)18-27(36)25-9-7-6-8-12-30(25,5)32/h6-12,17,27H,1,13-16,18-21,33H2,2-5H3. The van der Waals surface area contributed by atoms with E-state index in [1.807, 2.05) is 58.1 Å². The number of alkyl halides is 1. The summed E-state index contributed by atoms with van der Waals surface area (Å²) in [5.41, 5.74) is 10.7. The van der Waals surface area contributed by atoms with E-state index in [4.69, 9.17) is 26.8 Å². The Hall–Kier alpha value is -2.90. The van der Waals surface area contributed by atoms with Crippen LogP contribution in [0.4, 0.5) is 16.2 Å². The molecule has 5 rings (SSSR count). The number of allylic oxidation sites excluding steroid dienone is 5. The van der Waals surface area contributed by atoms with Crippen LogP contribution >= 0.6 is 11.6 Å². The van der Waals surface area contributed by atoms with Crippen LogP contribution in [0, 0.1) is 5.41 Å². The van der Waals surface area contributed by atoms with Crippen LogP contribution < -0.4 is 10.6 Å². The predicted molar refractivity (Wildman–Crippen MR) is 159 cm³/mol. The number of hydrogen-bond donors (Lipinski definition) is 1. The first-order valence-corrected chi connectivity index (χ1v) is 14.2. The molecule has 2 unspecified atom stereocenters. The molecule has 1 amide bonds. The molecule has 39 heavy (non-hydrogen) atoms. The first-order chi connectivity index (χ1) is 18.4. The molecule has 2 N–H and O–H groups in total. The molecule has 1 spiro atoms. The maximum absolute atomic E-state index is 13.1. The maximum atomic E-state index is 13.1. The second kappa shape index (κ2) is 10.3. The maximum Gasteiger partial charge on any atom is 0.410 e. The summed E-state index contributed by atoms with van der Waals surface area (Å²) in [6, 6.07) is 5.89. The number of piperazine rings is 1. The van der Waals surface area contributed by atoms with Gasteiger partial charge in [0.1, 0.15) is 5.60 Å². The molecule has 3 aliphatic heterocycles. The molecule has 3 heterocycles. The highest BCUT2D eigenvalue weighted by Gasteiger charge is 2.45. The van der Waals surface area contributed by atoms with Crippen LogP contribution in [0.2, 0.25) is 0 Å². The number of carbonyl (C=O) groups excluding carboxylic acids is 1. The lowest BCUT2D eigenvalue weighted by atomic mass is 9.85. The van der Waals surface area contributed by atoms with E-state index in [1.54, 1.807) is 4.90 Å². The number of hydrogen-bond acceptors (Lipinski definition) is 6. The SMILES string of the molecule is C=C(c1ccc(N)cc1N1CCC2(COC2)C1)N1CCN(C(=O)OC(C)(C)C)CC1C1=CC=CC=CC1(C)Cl. The predicted octanol–water partition coefficient (Wildman–Crippen LogP) is 5.44. The van der Waals surface area contributed by atoms with E-state index in [-0.39, 0.29) is 17.6 Å². The first kappa shape index (κ1) is 27.7. The number of anilines is 2. The van der Waals surface area contributed by atoms with Gasteiger partial charge in [0.05, 0.1) is 24.1 Å². The fraction of sp³-hybridized carbons (Fsp3) is 0.516. The summed E-state index contributed by atoms with van der Waals surface area (Å²) in [5.74, 6) is 0. The summed E-state index contributed by atoms with van der Waals surface area (Å²) >= 11 is 7.11. The molecule has 0 aromatic heterocycles. The number of amides is 1. The summed E-state index contributed by atoms with van der Waals surface area (Å²) in [6.07, 6.45) is 10.8. The Morgan fingerprint density at radius 1 is 1.18 bits per heavy atom. The fourth-order valence-electron chi connectivity index (χ4n) is 6.00. The second-order valence-corrected chi connectivity index (χ2v) is 13.2. The molecule has 0 radical (unpaired) electrons. The molecule has 210 valence electrons. The van der Waals surface area contributed by atoms with Gasteiger partial charge in [-0.3, -0.25) is 0 Å². The van der Waals surface area contributed by atoms with E-state index in [0.29, 0.717) is 19.6 Å². The molecular weight excluding hydrogens is 512 g/mol. The van der Waals surface area contributed by atoms with Crippen molar-refractivity contribution in [3.63, 3.8) is 0 Å². The van der Waals surface area contributed by atoms with Gasteiger partial charge in [-0.1, -0.05) is 37.0 Å². The largest absolute Gasteiger partial charge is 0.444 e. The Morgan fingerprint density at radius 3 is 2.62 bits per heavy atom. The van der Waals surface area contributed by atoms with Gasteiger partial charge in [0.25, 0.3) is 0 Å². The Morgan fingerprint density at radius 2 is 1.95 bits per heavy atom. The van der Waals surface area contributed by atoms with Gasteiger partial charge in [-0.2, -0.15) is 0 Å². The number of rotatable bonds is 4. The Kier molecular flexibility index (Phi) is 7.27. The van der Waals surface area contributed by atoms with Gasteiger partial charge >= 0.3 is 6.09 Å². The molecule has 0 saturated carbocycles. The van der Waals surface area contributed by atoms with Crippen LogP contribution in [0.15, 0.2) is 60.7 Å². The average Bonchev–Trinajstić information content (AvgIpc) is 3.23. The number of nitrogens with zero attached hydrogens (tertiary/aromatic N) is 3. The van der Waals surface area contributed by atoms with Gasteiger partial charge in [-0.25, -0.2) is 4.79 Å².